The number of nitrogens with two attached hydrogens (primary N) is 1. The number of hydrogen-bond donors (Lipinski definition) is 2. The van der Waals surface area contributed by atoms with Gasteiger partial charge in [0.2, 0.25) is 0 Å². The SMILES string of the molecule is CCN(CCOC)CC(O)COc1ccc(CN)cc1. The monoisotopic (exact) mass is 282 g/mol. The number of hydrogen-bond acceptors (Lipinski definition) is 5. The molecule has 1 rings (SSSR count). The molecule has 0 fully saturated rings. The molecule has 5 heteroatoms. The Morgan fingerprint density at radius 2 is 2.00 bits per heavy atom. The van der Waals surface area contributed by atoms with Gasteiger partial charge in [-0.25, -0.2) is 0 Å². The van der Waals surface area contributed by atoms with Crippen LogP contribution in [0.4, 0.5) is 0 Å². The van der Waals surface area contributed by atoms with Crippen molar-refractivity contribution in [2.45, 2.75) is 19.6 Å². The lowest BCUT2D eigenvalue weighted by Crippen LogP contribution is -2.37. The van der Waals surface area contributed by atoms with Crippen LogP contribution in [0.5, 0.6) is 5.75 Å². The fraction of sp³-hybridized carbons (Fsp3) is 0.600. The van der Waals surface area contributed by atoms with E-state index in [1.54, 1.807) is 7.11 Å². The molecular formula is C15H26N2O3. The third-order valence-corrected chi connectivity index (χ3v) is 3.13. The van der Waals surface area contributed by atoms with Gasteiger partial charge in [-0.05, 0) is 24.2 Å². The van der Waals surface area contributed by atoms with Crippen molar-refractivity contribution in [2.24, 2.45) is 5.73 Å². The summed E-state index contributed by atoms with van der Waals surface area (Å²) in [6, 6.07) is 7.60. The van der Waals surface area contributed by atoms with Gasteiger partial charge in [0.05, 0.1) is 6.61 Å². The van der Waals surface area contributed by atoms with Crippen molar-refractivity contribution in [3.05, 3.63) is 29.8 Å². The van der Waals surface area contributed by atoms with E-state index in [0.717, 1.165) is 24.4 Å². The molecule has 0 amide bonds. The second kappa shape index (κ2) is 9.72. The molecule has 0 saturated heterocycles. The number of ether oxygens (including phenoxy) is 2. The van der Waals surface area contributed by atoms with Crippen LogP contribution in [0.3, 0.4) is 0 Å². The van der Waals surface area contributed by atoms with Crippen molar-refractivity contribution in [1.29, 1.82) is 0 Å². The van der Waals surface area contributed by atoms with Gasteiger partial charge in [-0.15, -0.1) is 0 Å². The lowest BCUT2D eigenvalue weighted by atomic mass is 10.2. The normalized spacial score (nSPS) is 12.7. The highest BCUT2D eigenvalue weighted by Gasteiger charge is 2.11. The number of benzene rings is 1. The van der Waals surface area contributed by atoms with E-state index in [2.05, 4.69) is 11.8 Å². The van der Waals surface area contributed by atoms with Crippen LogP contribution in [0.1, 0.15) is 12.5 Å². The van der Waals surface area contributed by atoms with Crippen LogP contribution in [0, 0.1) is 0 Å². The molecule has 0 aliphatic rings. The van der Waals surface area contributed by atoms with Crippen molar-refractivity contribution in [2.75, 3.05) is 40.0 Å². The Labute approximate surface area is 121 Å². The second-order valence-electron chi connectivity index (χ2n) is 4.70. The lowest BCUT2D eigenvalue weighted by Gasteiger charge is -2.23. The van der Waals surface area contributed by atoms with Crippen molar-refractivity contribution >= 4 is 0 Å². The van der Waals surface area contributed by atoms with Gasteiger partial charge in [0.25, 0.3) is 0 Å². The molecule has 0 aliphatic carbocycles. The first-order valence-corrected chi connectivity index (χ1v) is 7.00. The molecule has 114 valence electrons. The van der Waals surface area contributed by atoms with Crippen LogP contribution in [-0.2, 0) is 11.3 Å². The maximum absolute atomic E-state index is 9.98. The zero-order valence-corrected chi connectivity index (χ0v) is 12.4. The molecule has 0 spiro atoms. The van der Waals surface area contributed by atoms with Crippen molar-refractivity contribution in [3.63, 3.8) is 0 Å². The predicted molar refractivity (Wildman–Crippen MR) is 79.8 cm³/mol. The summed E-state index contributed by atoms with van der Waals surface area (Å²) in [7, 11) is 1.68. The molecule has 20 heavy (non-hydrogen) atoms. The zero-order valence-electron chi connectivity index (χ0n) is 12.4. The summed E-state index contributed by atoms with van der Waals surface area (Å²) in [5.74, 6) is 0.751. The highest BCUT2D eigenvalue weighted by atomic mass is 16.5. The molecule has 0 radical (unpaired) electrons. The average molecular weight is 282 g/mol. The first kappa shape index (κ1) is 16.9. The Kier molecular flexibility index (Phi) is 8.22. The van der Waals surface area contributed by atoms with Crippen molar-refractivity contribution in [3.8, 4) is 5.75 Å². The molecule has 1 aromatic carbocycles. The minimum atomic E-state index is -0.513. The van der Waals surface area contributed by atoms with E-state index >= 15 is 0 Å². The summed E-state index contributed by atoms with van der Waals surface area (Å²) in [5, 5.41) is 9.98. The predicted octanol–water partition coefficient (Wildman–Crippen LogP) is 0.853. The summed E-state index contributed by atoms with van der Waals surface area (Å²) < 4.78 is 10.6. The van der Waals surface area contributed by atoms with E-state index in [1.807, 2.05) is 24.3 Å². The Morgan fingerprint density at radius 3 is 2.55 bits per heavy atom. The van der Waals surface area contributed by atoms with Gasteiger partial charge >= 0.3 is 0 Å². The van der Waals surface area contributed by atoms with Crippen LogP contribution in [0.25, 0.3) is 0 Å². The quantitative estimate of drug-likeness (QED) is 0.666. The molecule has 5 nitrogen and oxygen atoms in total. The summed E-state index contributed by atoms with van der Waals surface area (Å²) >= 11 is 0. The van der Waals surface area contributed by atoms with Gasteiger partial charge in [0.1, 0.15) is 18.5 Å². The molecular weight excluding hydrogens is 256 g/mol. The fourth-order valence-corrected chi connectivity index (χ4v) is 1.86. The smallest absolute Gasteiger partial charge is 0.119 e. The molecule has 1 aromatic rings. The van der Waals surface area contributed by atoms with Crippen LogP contribution in [0.2, 0.25) is 0 Å². The number of nitrogens with zero attached hydrogens (tertiary/aromatic N) is 1. The first-order valence-electron chi connectivity index (χ1n) is 7.00. The van der Waals surface area contributed by atoms with E-state index in [-0.39, 0.29) is 6.61 Å². The highest BCUT2D eigenvalue weighted by molar-refractivity contribution is 5.27. The van der Waals surface area contributed by atoms with Gasteiger partial charge in [0.15, 0.2) is 0 Å². The average Bonchev–Trinajstić information content (AvgIpc) is 2.49. The van der Waals surface area contributed by atoms with Crippen molar-refractivity contribution < 1.29 is 14.6 Å². The van der Waals surface area contributed by atoms with Crippen LogP contribution < -0.4 is 10.5 Å². The Hall–Kier alpha value is -1.14. The van der Waals surface area contributed by atoms with E-state index < -0.39 is 6.10 Å². The molecule has 0 saturated carbocycles. The van der Waals surface area contributed by atoms with Gasteiger partial charge in [-0.1, -0.05) is 19.1 Å². The molecule has 1 atom stereocenters. The summed E-state index contributed by atoms with van der Waals surface area (Å²) in [4.78, 5) is 2.13. The topological polar surface area (TPSA) is 68.0 Å². The number of aliphatic hydroxyl groups excluding tert-OH is 1. The minimum absolute atomic E-state index is 0.283. The Balaban J connectivity index is 2.31. The molecule has 0 aliphatic heterocycles. The zero-order chi connectivity index (χ0) is 14.8. The van der Waals surface area contributed by atoms with Crippen LogP contribution >= 0.6 is 0 Å². The van der Waals surface area contributed by atoms with Crippen molar-refractivity contribution in [1.82, 2.24) is 4.90 Å². The third kappa shape index (κ3) is 6.34. The number of rotatable bonds is 10. The maximum atomic E-state index is 9.98. The highest BCUT2D eigenvalue weighted by Crippen LogP contribution is 2.12. The second-order valence-corrected chi connectivity index (χ2v) is 4.70. The number of likely N-dealkylation sites (N-methyl/N-ethyl adjacent to an activating group) is 1. The van der Waals surface area contributed by atoms with E-state index in [0.29, 0.717) is 19.7 Å². The first-order chi connectivity index (χ1) is 9.69. The molecule has 0 bridgehead atoms. The van der Waals surface area contributed by atoms with Gasteiger partial charge < -0.3 is 20.3 Å². The van der Waals surface area contributed by atoms with E-state index in [1.165, 1.54) is 0 Å². The summed E-state index contributed by atoms with van der Waals surface area (Å²) in [6.07, 6.45) is -0.513. The lowest BCUT2D eigenvalue weighted by molar-refractivity contribution is 0.0592. The minimum Gasteiger partial charge on any atom is -0.491 e. The fourth-order valence-electron chi connectivity index (χ4n) is 1.86. The maximum Gasteiger partial charge on any atom is 0.119 e. The van der Waals surface area contributed by atoms with Gasteiger partial charge in [-0.2, -0.15) is 0 Å². The Bertz CT molecular complexity index is 357. The molecule has 1 unspecified atom stereocenters. The molecule has 0 aromatic heterocycles. The summed E-state index contributed by atoms with van der Waals surface area (Å²) in [5.41, 5.74) is 6.60. The number of methoxy groups -OCH3 is 1. The summed E-state index contributed by atoms with van der Waals surface area (Å²) in [6.45, 7) is 5.82. The standard InChI is InChI=1S/C15H26N2O3/c1-3-17(8-9-19-2)11-14(18)12-20-15-6-4-13(10-16)5-7-15/h4-7,14,18H,3,8-12,16H2,1-2H3. The van der Waals surface area contributed by atoms with Crippen LogP contribution in [0.15, 0.2) is 24.3 Å². The van der Waals surface area contributed by atoms with E-state index in [9.17, 15) is 5.11 Å². The third-order valence-electron chi connectivity index (χ3n) is 3.13. The van der Waals surface area contributed by atoms with Crippen LogP contribution in [-0.4, -0.2) is 56.1 Å². The van der Waals surface area contributed by atoms with Gasteiger partial charge in [0, 0.05) is 26.7 Å². The number of aliphatic hydroxyl groups is 1. The molecule has 3 N–H and O–H groups in total. The molecule has 0 heterocycles. The van der Waals surface area contributed by atoms with E-state index in [4.69, 9.17) is 15.2 Å². The Morgan fingerprint density at radius 1 is 1.30 bits per heavy atom. The largest absolute Gasteiger partial charge is 0.491 e. The van der Waals surface area contributed by atoms with Gasteiger partial charge in [-0.3, -0.25) is 4.90 Å².